The Kier molecular flexibility index (Phi) is 11.7. The Hall–Kier alpha value is -5.29. The topological polar surface area (TPSA) is 124 Å². The Balaban J connectivity index is 1.19. The van der Waals surface area contributed by atoms with Crippen LogP contribution < -0.4 is 5.32 Å². The predicted octanol–water partition coefficient (Wildman–Crippen LogP) is 7.29. The molecule has 272 valence electrons. The molecule has 1 aliphatic heterocycles. The van der Waals surface area contributed by atoms with E-state index in [1.54, 1.807) is 54.6 Å². The van der Waals surface area contributed by atoms with Crippen molar-refractivity contribution < 1.29 is 27.9 Å². The fourth-order valence-corrected chi connectivity index (χ4v) is 8.18. The minimum atomic E-state index is -3.95. The normalized spacial score (nSPS) is 13.5. The molecule has 0 bridgehead atoms. The number of amides is 3. The van der Waals surface area contributed by atoms with Crippen molar-refractivity contribution in [2.75, 3.05) is 12.3 Å². The molecule has 0 fully saturated rings. The van der Waals surface area contributed by atoms with E-state index in [0.29, 0.717) is 29.1 Å². The smallest absolute Gasteiger partial charge is 0.327 e. The van der Waals surface area contributed by atoms with Crippen LogP contribution in [0.3, 0.4) is 0 Å². The van der Waals surface area contributed by atoms with Crippen molar-refractivity contribution >= 4 is 39.3 Å². The van der Waals surface area contributed by atoms with E-state index < -0.39 is 39.5 Å². The minimum Gasteiger partial charge on any atom is -0.480 e. The molecule has 0 spiro atoms. The molecule has 0 aromatic heterocycles. The molecular weight excluding hydrogens is 710 g/mol. The molecule has 6 rings (SSSR count). The standard InChI is InChI=1S/C42H40ClN3O6S/c1-29-11-13-30(14-12-29)24-46(42(50)44-39(41(48)49)28-53(51,52)27-31-7-3-2-4-8-31)40(47)34-15-16-35-25-45(22-21-33(35)23-34)26-36-9-5-6-10-38(36)32-17-19-37(43)20-18-32/h2-20,23,39H,21-22,24-28H2,1H3,(H,44,50)(H,48,49)/t39-/m0/s1. The first-order valence-electron chi connectivity index (χ1n) is 17.3. The third-order valence-corrected chi connectivity index (χ3v) is 11.2. The number of carboxylic acid groups (broad SMARTS) is 1. The Morgan fingerprint density at radius 2 is 1.55 bits per heavy atom. The lowest BCUT2D eigenvalue weighted by atomic mass is 9.95. The van der Waals surface area contributed by atoms with Crippen LogP contribution in [0, 0.1) is 6.92 Å². The van der Waals surface area contributed by atoms with E-state index in [-0.39, 0.29) is 17.9 Å². The van der Waals surface area contributed by atoms with Gasteiger partial charge in [-0.05, 0) is 76.6 Å². The fraction of sp³-hybridized carbons (Fsp3) is 0.214. The van der Waals surface area contributed by atoms with E-state index in [0.717, 1.165) is 45.8 Å². The van der Waals surface area contributed by atoms with Gasteiger partial charge in [0.1, 0.15) is 6.04 Å². The summed E-state index contributed by atoms with van der Waals surface area (Å²) in [5.74, 6) is -3.37. The largest absolute Gasteiger partial charge is 0.480 e. The van der Waals surface area contributed by atoms with Crippen LogP contribution in [-0.2, 0) is 46.4 Å². The number of benzene rings is 5. The number of halogens is 1. The molecule has 5 aromatic carbocycles. The highest BCUT2D eigenvalue weighted by Gasteiger charge is 2.32. The molecule has 53 heavy (non-hydrogen) atoms. The molecule has 0 unspecified atom stereocenters. The van der Waals surface area contributed by atoms with E-state index >= 15 is 0 Å². The average Bonchev–Trinajstić information content (AvgIpc) is 3.14. The number of carboxylic acids is 1. The van der Waals surface area contributed by atoms with Gasteiger partial charge in [-0.15, -0.1) is 0 Å². The summed E-state index contributed by atoms with van der Waals surface area (Å²) in [5.41, 5.74) is 7.89. The predicted molar refractivity (Wildman–Crippen MR) is 206 cm³/mol. The quantitative estimate of drug-likeness (QED) is 0.137. The molecule has 5 aromatic rings. The van der Waals surface area contributed by atoms with Crippen molar-refractivity contribution in [2.45, 2.75) is 44.8 Å². The van der Waals surface area contributed by atoms with Crippen LogP contribution in [0.4, 0.5) is 4.79 Å². The van der Waals surface area contributed by atoms with E-state index in [9.17, 15) is 27.9 Å². The van der Waals surface area contributed by atoms with E-state index in [2.05, 4.69) is 22.3 Å². The monoisotopic (exact) mass is 749 g/mol. The van der Waals surface area contributed by atoms with Gasteiger partial charge in [0.25, 0.3) is 5.91 Å². The number of urea groups is 1. The Bertz CT molecular complexity index is 2210. The van der Waals surface area contributed by atoms with Gasteiger partial charge in [-0.2, -0.15) is 0 Å². The zero-order valence-corrected chi connectivity index (χ0v) is 30.8. The van der Waals surface area contributed by atoms with Crippen LogP contribution in [0.5, 0.6) is 0 Å². The summed E-state index contributed by atoms with van der Waals surface area (Å²) in [6.45, 7) is 3.93. The first kappa shape index (κ1) is 37.5. The van der Waals surface area contributed by atoms with Crippen molar-refractivity contribution in [2.24, 2.45) is 0 Å². The molecule has 3 amide bonds. The number of carbonyl (C=O) groups excluding carboxylic acids is 2. The lowest BCUT2D eigenvalue weighted by molar-refractivity contribution is -0.138. The Labute approximate surface area is 314 Å². The average molecular weight is 750 g/mol. The van der Waals surface area contributed by atoms with E-state index in [1.807, 2.05) is 61.5 Å². The molecular formula is C42H40ClN3O6S. The maximum absolute atomic E-state index is 14.1. The zero-order valence-electron chi connectivity index (χ0n) is 29.2. The van der Waals surface area contributed by atoms with Gasteiger partial charge < -0.3 is 10.4 Å². The number of rotatable bonds is 12. The fourth-order valence-electron chi connectivity index (χ4n) is 6.50. The SMILES string of the molecule is Cc1ccc(CN(C(=O)N[C@@H](CS(=O)(=O)Cc2ccccc2)C(=O)O)C(=O)c2ccc3c(c2)CCN(Cc2ccccc2-c2ccc(Cl)cc2)C3)cc1. The van der Waals surface area contributed by atoms with Crippen LogP contribution in [0.2, 0.25) is 5.02 Å². The van der Waals surface area contributed by atoms with Crippen LogP contribution >= 0.6 is 11.6 Å². The van der Waals surface area contributed by atoms with E-state index in [4.69, 9.17) is 11.6 Å². The van der Waals surface area contributed by atoms with Crippen molar-refractivity contribution in [1.82, 2.24) is 15.1 Å². The molecule has 1 aliphatic rings. The van der Waals surface area contributed by atoms with Gasteiger partial charge in [-0.3, -0.25) is 14.6 Å². The summed E-state index contributed by atoms with van der Waals surface area (Å²) in [4.78, 5) is 43.4. The third-order valence-electron chi connectivity index (χ3n) is 9.31. The number of imide groups is 1. The third kappa shape index (κ3) is 9.78. The number of sulfone groups is 1. The summed E-state index contributed by atoms with van der Waals surface area (Å²) < 4.78 is 26.0. The van der Waals surface area contributed by atoms with Crippen molar-refractivity contribution in [3.05, 3.63) is 165 Å². The van der Waals surface area contributed by atoms with Gasteiger partial charge in [-0.25, -0.2) is 18.0 Å². The second kappa shape index (κ2) is 16.6. The number of hydrogen-bond donors (Lipinski definition) is 2. The molecule has 9 nitrogen and oxygen atoms in total. The van der Waals surface area contributed by atoms with E-state index in [1.165, 1.54) is 5.56 Å². The Morgan fingerprint density at radius 3 is 2.26 bits per heavy atom. The van der Waals surface area contributed by atoms with Gasteiger partial charge >= 0.3 is 12.0 Å². The summed E-state index contributed by atoms with van der Waals surface area (Å²) >= 11 is 6.13. The molecule has 0 saturated heterocycles. The number of carbonyl (C=O) groups is 3. The maximum Gasteiger partial charge on any atom is 0.327 e. The molecule has 1 atom stereocenters. The first-order chi connectivity index (χ1) is 25.4. The molecule has 0 aliphatic carbocycles. The zero-order chi connectivity index (χ0) is 37.5. The highest BCUT2D eigenvalue weighted by Crippen LogP contribution is 2.29. The molecule has 2 N–H and O–H groups in total. The molecule has 11 heteroatoms. The van der Waals surface area contributed by atoms with Crippen LogP contribution in [0.1, 0.15) is 43.7 Å². The highest BCUT2D eigenvalue weighted by molar-refractivity contribution is 7.90. The summed E-state index contributed by atoms with van der Waals surface area (Å²) in [6.07, 6.45) is 0.685. The van der Waals surface area contributed by atoms with Gasteiger partial charge in [0.15, 0.2) is 9.84 Å². The lowest BCUT2D eigenvalue weighted by Gasteiger charge is -2.30. The van der Waals surface area contributed by atoms with Gasteiger partial charge in [0, 0.05) is 30.2 Å². The van der Waals surface area contributed by atoms with Crippen LogP contribution in [0.15, 0.2) is 121 Å². The second-order valence-electron chi connectivity index (χ2n) is 13.4. The van der Waals surface area contributed by atoms with Gasteiger partial charge in [0.05, 0.1) is 18.1 Å². The highest BCUT2D eigenvalue weighted by atomic mass is 35.5. The first-order valence-corrected chi connectivity index (χ1v) is 19.5. The summed E-state index contributed by atoms with van der Waals surface area (Å²) in [6, 6.07) is 34.4. The van der Waals surface area contributed by atoms with Crippen molar-refractivity contribution in [3.8, 4) is 11.1 Å². The number of aliphatic carboxylic acids is 1. The molecule has 1 heterocycles. The lowest BCUT2D eigenvalue weighted by Crippen LogP contribution is -2.52. The summed E-state index contributed by atoms with van der Waals surface area (Å²) in [7, 11) is -3.95. The van der Waals surface area contributed by atoms with Crippen LogP contribution in [0.25, 0.3) is 11.1 Å². The van der Waals surface area contributed by atoms with Gasteiger partial charge in [-0.1, -0.05) is 114 Å². The van der Waals surface area contributed by atoms with Gasteiger partial charge in [0.2, 0.25) is 0 Å². The minimum absolute atomic E-state index is 0.147. The van der Waals surface area contributed by atoms with Crippen molar-refractivity contribution in [1.29, 1.82) is 0 Å². The Morgan fingerprint density at radius 1 is 0.849 bits per heavy atom. The summed E-state index contributed by atoms with van der Waals surface area (Å²) in [5, 5.41) is 13.0. The maximum atomic E-state index is 14.1. The molecule has 0 radical (unpaired) electrons. The number of nitrogens with one attached hydrogen (secondary N) is 1. The second-order valence-corrected chi connectivity index (χ2v) is 15.9. The van der Waals surface area contributed by atoms with Crippen molar-refractivity contribution in [3.63, 3.8) is 0 Å². The molecule has 0 saturated carbocycles. The number of nitrogens with zero attached hydrogens (tertiary/aromatic N) is 2. The van der Waals surface area contributed by atoms with Crippen LogP contribution in [-0.4, -0.2) is 59.6 Å². The number of aryl methyl sites for hydroxylation is 1. The number of hydrogen-bond acceptors (Lipinski definition) is 6. The number of fused-ring (bicyclic) bond motifs is 1.